The Hall–Kier alpha value is -0.590. The number of alkyl halides is 3. The molecule has 0 heterocycles. The summed E-state index contributed by atoms with van der Waals surface area (Å²) in [7, 11) is 1.48. The van der Waals surface area contributed by atoms with Crippen LogP contribution in [0.5, 0.6) is 0 Å². The number of hydrogen-bond donors (Lipinski definition) is 1. The first-order valence-electron chi connectivity index (χ1n) is 4.47. The number of rotatable bonds is 3. The van der Waals surface area contributed by atoms with Crippen molar-refractivity contribution in [2.45, 2.75) is 12.2 Å². The molecule has 90 valence electrons. The molecule has 2 nitrogen and oxygen atoms in total. The minimum Gasteiger partial charge on any atom is -0.383 e. The van der Waals surface area contributed by atoms with Crippen LogP contribution in [0.25, 0.3) is 0 Å². The fourth-order valence-corrected chi connectivity index (χ4v) is 1.95. The molecular weight excluding hydrogens is 287 g/mol. The van der Waals surface area contributed by atoms with Crippen molar-refractivity contribution in [3.63, 3.8) is 0 Å². The van der Waals surface area contributed by atoms with Gasteiger partial charge in [-0.15, -0.1) is 0 Å². The lowest BCUT2D eigenvalue weighted by molar-refractivity contribution is -0.137. The van der Waals surface area contributed by atoms with Crippen LogP contribution in [0.1, 0.15) is 17.2 Å². The van der Waals surface area contributed by atoms with Crippen molar-refractivity contribution in [1.82, 2.24) is 0 Å². The molecule has 0 amide bonds. The molecule has 0 aliphatic carbocycles. The van der Waals surface area contributed by atoms with Crippen LogP contribution in [0.3, 0.4) is 0 Å². The highest BCUT2D eigenvalue weighted by atomic mass is 79.9. The molecule has 1 rings (SSSR count). The molecule has 1 aromatic rings. The summed E-state index contributed by atoms with van der Waals surface area (Å²) in [4.78, 5) is 0. The van der Waals surface area contributed by atoms with Gasteiger partial charge >= 0.3 is 6.18 Å². The molecule has 0 fully saturated rings. The molecule has 0 spiro atoms. The van der Waals surface area contributed by atoms with Crippen molar-refractivity contribution in [2.75, 3.05) is 13.7 Å². The maximum atomic E-state index is 12.4. The SMILES string of the molecule is COCC(N)c1ccc(C(F)(F)F)cc1Br. The van der Waals surface area contributed by atoms with E-state index in [4.69, 9.17) is 10.5 Å². The Bertz CT molecular complexity index is 368. The first kappa shape index (κ1) is 13.5. The third kappa shape index (κ3) is 3.20. The zero-order valence-electron chi connectivity index (χ0n) is 8.51. The molecule has 1 unspecified atom stereocenters. The van der Waals surface area contributed by atoms with Crippen molar-refractivity contribution in [3.8, 4) is 0 Å². The molecule has 0 saturated carbocycles. The van der Waals surface area contributed by atoms with Gasteiger partial charge in [0.05, 0.1) is 18.2 Å². The lowest BCUT2D eigenvalue weighted by Crippen LogP contribution is -2.17. The number of nitrogens with two attached hydrogens (primary N) is 1. The highest BCUT2D eigenvalue weighted by Gasteiger charge is 2.31. The van der Waals surface area contributed by atoms with E-state index >= 15 is 0 Å². The second-order valence-corrected chi connectivity index (χ2v) is 4.15. The molecule has 6 heteroatoms. The first-order valence-corrected chi connectivity index (χ1v) is 5.26. The van der Waals surface area contributed by atoms with Crippen LogP contribution >= 0.6 is 15.9 Å². The topological polar surface area (TPSA) is 35.2 Å². The lowest BCUT2D eigenvalue weighted by Gasteiger charge is -2.14. The van der Waals surface area contributed by atoms with Gasteiger partial charge in [0.25, 0.3) is 0 Å². The van der Waals surface area contributed by atoms with Crippen LogP contribution < -0.4 is 5.73 Å². The predicted molar refractivity (Wildman–Crippen MR) is 57.9 cm³/mol. The maximum Gasteiger partial charge on any atom is 0.416 e. The van der Waals surface area contributed by atoms with Crippen LogP contribution in [-0.2, 0) is 10.9 Å². The van der Waals surface area contributed by atoms with Crippen molar-refractivity contribution in [3.05, 3.63) is 33.8 Å². The maximum absolute atomic E-state index is 12.4. The number of hydrogen-bond acceptors (Lipinski definition) is 2. The number of halogens is 4. The highest BCUT2D eigenvalue weighted by Crippen LogP contribution is 2.33. The molecule has 0 saturated heterocycles. The molecular formula is C10H11BrF3NO. The van der Waals surface area contributed by atoms with Crippen molar-refractivity contribution in [2.24, 2.45) is 5.73 Å². The smallest absolute Gasteiger partial charge is 0.383 e. The van der Waals surface area contributed by atoms with E-state index in [0.29, 0.717) is 10.0 Å². The number of methoxy groups -OCH3 is 1. The minimum absolute atomic E-state index is 0.254. The minimum atomic E-state index is -4.34. The second kappa shape index (κ2) is 5.16. The van der Waals surface area contributed by atoms with Crippen molar-refractivity contribution >= 4 is 15.9 Å². The average Bonchev–Trinajstić information content (AvgIpc) is 2.16. The van der Waals surface area contributed by atoms with E-state index in [0.717, 1.165) is 12.1 Å². The van der Waals surface area contributed by atoms with Gasteiger partial charge in [0.1, 0.15) is 0 Å². The molecule has 0 bridgehead atoms. The molecule has 0 aromatic heterocycles. The van der Waals surface area contributed by atoms with Gasteiger partial charge in [-0.05, 0) is 17.7 Å². The Labute approximate surface area is 99.7 Å². The molecule has 2 N–H and O–H groups in total. The largest absolute Gasteiger partial charge is 0.416 e. The summed E-state index contributed by atoms with van der Waals surface area (Å²) in [6.07, 6.45) is -4.34. The van der Waals surface area contributed by atoms with Gasteiger partial charge in [0.2, 0.25) is 0 Å². The molecule has 1 aromatic carbocycles. The summed E-state index contributed by atoms with van der Waals surface area (Å²) in [6, 6.07) is 2.94. The van der Waals surface area contributed by atoms with Crippen molar-refractivity contribution < 1.29 is 17.9 Å². The second-order valence-electron chi connectivity index (χ2n) is 3.30. The normalized spacial score (nSPS) is 13.9. The first-order chi connectivity index (χ1) is 7.36. The standard InChI is InChI=1S/C10H11BrF3NO/c1-16-5-9(15)7-3-2-6(4-8(7)11)10(12,13)14/h2-4,9H,5,15H2,1H3. The van der Waals surface area contributed by atoms with Gasteiger partial charge in [-0.1, -0.05) is 22.0 Å². The van der Waals surface area contributed by atoms with E-state index in [1.54, 1.807) is 0 Å². The monoisotopic (exact) mass is 297 g/mol. The predicted octanol–water partition coefficient (Wildman–Crippen LogP) is 3.11. The summed E-state index contributed by atoms with van der Waals surface area (Å²) >= 11 is 3.07. The summed E-state index contributed by atoms with van der Waals surface area (Å²) in [5.41, 5.74) is 5.62. The highest BCUT2D eigenvalue weighted by molar-refractivity contribution is 9.10. The Morgan fingerprint density at radius 2 is 2.06 bits per heavy atom. The number of ether oxygens (including phenoxy) is 1. The fraction of sp³-hybridized carbons (Fsp3) is 0.400. The van der Waals surface area contributed by atoms with E-state index in [9.17, 15) is 13.2 Å². The molecule has 0 aliphatic heterocycles. The van der Waals surface area contributed by atoms with E-state index in [1.807, 2.05) is 0 Å². The Morgan fingerprint density at radius 1 is 1.44 bits per heavy atom. The van der Waals surface area contributed by atoms with Gasteiger partial charge in [0.15, 0.2) is 0 Å². The lowest BCUT2D eigenvalue weighted by atomic mass is 10.1. The molecule has 0 radical (unpaired) electrons. The summed E-state index contributed by atoms with van der Waals surface area (Å²) < 4.78 is 42.3. The van der Waals surface area contributed by atoms with Crippen LogP contribution in [0, 0.1) is 0 Å². The Kier molecular flexibility index (Phi) is 4.35. The van der Waals surface area contributed by atoms with Crippen LogP contribution in [0.15, 0.2) is 22.7 Å². The van der Waals surface area contributed by atoms with Crippen LogP contribution in [0.4, 0.5) is 13.2 Å². The zero-order chi connectivity index (χ0) is 12.3. The van der Waals surface area contributed by atoms with Crippen LogP contribution in [0.2, 0.25) is 0 Å². The zero-order valence-corrected chi connectivity index (χ0v) is 10.1. The fourth-order valence-electron chi connectivity index (χ4n) is 1.27. The van der Waals surface area contributed by atoms with Gasteiger partial charge in [-0.2, -0.15) is 13.2 Å². The van der Waals surface area contributed by atoms with E-state index in [1.165, 1.54) is 13.2 Å². The van der Waals surface area contributed by atoms with Gasteiger partial charge in [0, 0.05) is 11.6 Å². The van der Waals surface area contributed by atoms with E-state index in [-0.39, 0.29) is 6.61 Å². The van der Waals surface area contributed by atoms with Crippen LogP contribution in [-0.4, -0.2) is 13.7 Å². The molecule has 0 aliphatic rings. The molecule has 16 heavy (non-hydrogen) atoms. The van der Waals surface area contributed by atoms with E-state index in [2.05, 4.69) is 15.9 Å². The third-order valence-corrected chi connectivity index (χ3v) is 2.76. The van der Waals surface area contributed by atoms with Gasteiger partial charge in [-0.3, -0.25) is 0 Å². The summed E-state index contributed by atoms with van der Waals surface area (Å²) in [5.74, 6) is 0. The summed E-state index contributed by atoms with van der Waals surface area (Å²) in [5, 5.41) is 0. The number of benzene rings is 1. The molecule has 1 atom stereocenters. The van der Waals surface area contributed by atoms with Crippen molar-refractivity contribution in [1.29, 1.82) is 0 Å². The van der Waals surface area contributed by atoms with Gasteiger partial charge in [-0.25, -0.2) is 0 Å². The third-order valence-electron chi connectivity index (χ3n) is 2.07. The quantitative estimate of drug-likeness (QED) is 0.930. The van der Waals surface area contributed by atoms with E-state index < -0.39 is 17.8 Å². The summed E-state index contributed by atoms with van der Waals surface area (Å²) in [6.45, 7) is 0.254. The average molecular weight is 298 g/mol. The Morgan fingerprint density at radius 3 is 2.50 bits per heavy atom. The van der Waals surface area contributed by atoms with Gasteiger partial charge < -0.3 is 10.5 Å². The Balaban J connectivity index is 3.00.